The van der Waals surface area contributed by atoms with Crippen LogP contribution in [0.25, 0.3) is 0 Å². The van der Waals surface area contributed by atoms with E-state index in [4.69, 9.17) is 26.8 Å². The summed E-state index contributed by atoms with van der Waals surface area (Å²) in [5, 5.41) is 10.3. The number of fused-ring (bicyclic) bond motifs is 1. The molecule has 0 bridgehead atoms. The highest BCUT2D eigenvalue weighted by Crippen LogP contribution is 2.47. The molecular formula is C17H15ClN4O3S. The minimum absolute atomic E-state index is 0.220. The fraction of sp³-hybridized carbons (Fsp3) is 0.235. The van der Waals surface area contributed by atoms with Gasteiger partial charge < -0.3 is 15.2 Å². The van der Waals surface area contributed by atoms with Gasteiger partial charge in [-0.3, -0.25) is 4.90 Å². The van der Waals surface area contributed by atoms with E-state index >= 15 is 0 Å². The van der Waals surface area contributed by atoms with Crippen molar-refractivity contribution in [3.8, 4) is 11.8 Å². The van der Waals surface area contributed by atoms with Gasteiger partial charge in [0.15, 0.2) is 5.17 Å². The van der Waals surface area contributed by atoms with Crippen LogP contribution in [0.1, 0.15) is 18.5 Å². The summed E-state index contributed by atoms with van der Waals surface area (Å²) in [5.74, 6) is 0.204. The molecule has 0 fully saturated rings. The van der Waals surface area contributed by atoms with Gasteiger partial charge in [0, 0.05) is 10.6 Å². The first kappa shape index (κ1) is 18.2. The second-order valence-corrected chi connectivity index (χ2v) is 6.89. The molecule has 2 aliphatic rings. The molecule has 3 rings (SSSR count). The van der Waals surface area contributed by atoms with Gasteiger partial charge in [-0.05, 0) is 36.9 Å². The summed E-state index contributed by atoms with van der Waals surface area (Å²) in [4.78, 5) is 18.9. The van der Waals surface area contributed by atoms with Crippen molar-refractivity contribution in [2.24, 2.45) is 10.7 Å². The molecule has 0 saturated carbocycles. The van der Waals surface area contributed by atoms with Gasteiger partial charge in [-0.1, -0.05) is 11.6 Å². The Kier molecular flexibility index (Phi) is 4.85. The molecule has 9 heteroatoms. The third-order valence-electron chi connectivity index (χ3n) is 4.07. The third-order valence-corrected chi connectivity index (χ3v) is 5.28. The molecular weight excluding hydrogens is 376 g/mol. The maximum atomic E-state index is 12.5. The number of nitrogens with zero attached hydrogens (tertiary/aromatic N) is 3. The minimum atomic E-state index is -0.679. The van der Waals surface area contributed by atoms with Gasteiger partial charge in [-0.25, -0.2) is 9.79 Å². The molecule has 0 amide bonds. The quantitative estimate of drug-likeness (QED) is 0.791. The van der Waals surface area contributed by atoms with Gasteiger partial charge >= 0.3 is 5.97 Å². The van der Waals surface area contributed by atoms with E-state index in [1.165, 1.54) is 14.2 Å². The molecule has 0 spiro atoms. The van der Waals surface area contributed by atoms with Gasteiger partial charge in [-0.15, -0.1) is 0 Å². The lowest BCUT2D eigenvalue weighted by atomic mass is 9.93. The molecule has 0 saturated heterocycles. The molecule has 26 heavy (non-hydrogen) atoms. The summed E-state index contributed by atoms with van der Waals surface area (Å²) < 4.78 is 10.4. The van der Waals surface area contributed by atoms with Crippen molar-refractivity contribution in [2.75, 3.05) is 14.2 Å². The first-order chi connectivity index (χ1) is 12.4. The predicted octanol–water partition coefficient (Wildman–Crippen LogP) is 2.91. The number of amidine groups is 1. The van der Waals surface area contributed by atoms with Gasteiger partial charge in [0.05, 0.1) is 25.5 Å². The van der Waals surface area contributed by atoms with Crippen LogP contribution in [0.15, 0.2) is 45.2 Å². The number of thioether (sulfide) groups is 1. The number of hydrogen-bond donors (Lipinski definition) is 1. The number of carbonyl (C=O) groups is 1. The van der Waals surface area contributed by atoms with E-state index in [9.17, 15) is 10.1 Å². The smallest absolute Gasteiger partial charge is 0.338 e. The number of ether oxygens (including phenoxy) is 2. The van der Waals surface area contributed by atoms with Crippen molar-refractivity contribution in [1.82, 2.24) is 4.90 Å². The number of esters is 1. The largest absolute Gasteiger partial charge is 0.496 e. The van der Waals surface area contributed by atoms with E-state index in [-0.39, 0.29) is 5.82 Å². The van der Waals surface area contributed by atoms with Crippen LogP contribution >= 0.6 is 23.4 Å². The Labute approximate surface area is 159 Å². The molecule has 1 aromatic carbocycles. The number of benzene rings is 1. The Bertz CT molecular complexity index is 932. The van der Waals surface area contributed by atoms with Crippen molar-refractivity contribution < 1.29 is 14.3 Å². The number of aliphatic imine (C=N–C) groups is 1. The average molecular weight is 391 g/mol. The average Bonchev–Trinajstić information content (AvgIpc) is 2.95. The fourth-order valence-corrected chi connectivity index (χ4v) is 4.02. The number of hydrogen-bond acceptors (Lipinski definition) is 8. The van der Waals surface area contributed by atoms with Crippen molar-refractivity contribution in [1.29, 1.82) is 5.26 Å². The standard InChI is InChI=1S/C17H15ClN4O3S/c1-8-13(16(23)25-3)14(10-6-9(18)4-5-11(10)24-2)22-15(20)12(7-19)26-17(22)21-8/h4-6,14H,20H2,1-3H3/t14-/m0/s1. The molecule has 2 N–H and O–H groups in total. The number of methoxy groups -OCH3 is 2. The molecule has 1 atom stereocenters. The van der Waals surface area contributed by atoms with Crippen molar-refractivity contribution in [2.45, 2.75) is 13.0 Å². The van der Waals surface area contributed by atoms with Crippen LogP contribution in [0, 0.1) is 11.3 Å². The zero-order chi connectivity index (χ0) is 19.0. The lowest BCUT2D eigenvalue weighted by molar-refractivity contribution is -0.136. The van der Waals surface area contributed by atoms with E-state index in [0.29, 0.717) is 37.7 Å². The zero-order valence-corrected chi connectivity index (χ0v) is 15.8. The van der Waals surface area contributed by atoms with E-state index in [1.807, 2.05) is 0 Å². The van der Waals surface area contributed by atoms with Gasteiger partial charge in [-0.2, -0.15) is 5.26 Å². The van der Waals surface area contributed by atoms with Gasteiger partial charge in [0.1, 0.15) is 28.6 Å². The molecule has 2 aliphatic heterocycles. The third kappa shape index (κ3) is 2.79. The molecule has 2 heterocycles. The van der Waals surface area contributed by atoms with Crippen LogP contribution in [0.4, 0.5) is 0 Å². The summed E-state index contributed by atoms with van der Waals surface area (Å²) in [6, 6.07) is 6.48. The topological polar surface area (TPSA) is 101 Å². The lowest BCUT2D eigenvalue weighted by Crippen LogP contribution is -2.38. The Morgan fingerprint density at radius 2 is 2.19 bits per heavy atom. The summed E-state index contributed by atoms with van der Waals surface area (Å²) >= 11 is 7.34. The summed E-state index contributed by atoms with van der Waals surface area (Å²) in [7, 11) is 2.82. The Balaban J connectivity index is 2.29. The number of rotatable bonds is 3. The normalized spacial score (nSPS) is 19.1. The summed E-state index contributed by atoms with van der Waals surface area (Å²) in [6.45, 7) is 1.71. The fourth-order valence-electron chi connectivity index (χ4n) is 2.92. The maximum Gasteiger partial charge on any atom is 0.338 e. The number of nitrogens with two attached hydrogens (primary N) is 1. The highest BCUT2D eigenvalue weighted by molar-refractivity contribution is 8.17. The van der Waals surface area contributed by atoms with Crippen LogP contribution < -0.4 is 10.5 Å². The van der Waals surface area contributed by atoms with Crippen LogP contribution in [0.5, 0.6) is 5.75 Å². The molecule has 0 radical (unpaired) electrons. The maximum absolute atomic E-state index is 12.5. The van der Waals surface area contributed by atoms with Gasteiger partial charge in [0.2, 0.25) is 0 Å². The zero-order valence-electron chi connectivity index (χ0n) is 14.2. The molecule has 134 valence electrons. The van der Waals surface area contributed by atoms with Crippen molar-refractivity contribution in [3.63, 3.8) is 0 Å². The molecule has 0 aromatic heterocycles. The number of halogens is 1. The summed E-state index contributed by atoms with van der Waals surface area (Å²) in [5.41, 5.74) is 7.59. The second kappa shape index (κ2) is 6.94. The minimum Gasteiger partial charge on any atom is -0.496 e. The molecule has 0 unspecified atom stereocenters. The first-order valence-corrected chi connectivity index (χ1v) is 8.70. The van der Waals surface area contributed by atoms with Crippen LogP contribution in [0.3, 0.4) is 0 Å². The monoisotopic (exact) mass is 390 g/mol. The Morgan fingerprint density at radius 1 is 1.46 bits per heavy atom. The van der Waals surface area contributed by atoms with Crippen molar-refractivity contribution in [3.05, 3.63) is 50.8 Å². The van der Waals surface area contributed by atoms with Crippen LogP contribution in [-0.4, -0.2) is 30.3 Å². The van der Waals surface area contributed by atoms with Crippen molar-refractivity contribution >= 4 is 34.5 Å². The first-order valence-electron chi connectivity index (χ1n) is 7.51. The van der Waals surface area contributed by atoms with Gasteiger partial charge in [0.25, 0.3) is 0 Å². The Morgan fingerprint density at radius 3 is 2.81 bits per heavy atom. The van der Waals surface area contributed by atoms with Crippen LogP contribution in [0.2, 0.25) is 5.02 Å². The van der Waals surface area contributed by atoms with E-state index in [2.05, 4.69) is 11.1 Å². The predicted molar refractivity (Wildman–Crippen MR) is 99.2 cm³/mol. The number of allylic oxidation sites excluding steroid dienone is 2. The number of nitriles is 1. The molecule has 0 aliphatic carbocycles. The SMILES string of the molecule is COC(=O)C1=C(C)N=C2SC(C#N)=C(N)N2[C@H]1c1cc(Cl)ccc1OC. The highest BCUT2D eigenvalue weighted by Gasteiger charge is 2.43. The second-order valence-electron chi connectivity index (χ2n) is 5.47. The van der Waals surface area contributed by atoms with E-state index < -0.39 is 12.0 Å². The van der Waals surface area contributed by atoms with E-state index in [0.717, 1.165) is 11.8 Å². The summed E-state index contributed by atoms with van der Waals surface area (Å²) in [6.07, 6.45) is 0. The van der Waals surface area contributed by atoms with E-state index in [1.54, 1.807) is 30.0 Å². The highest BCUT2D eigenvalue weighted by atomic mass is 35.5. The Hall–Kier alpha value is -2.63. The lowest BCUT2D eigenvalue weighted by Gasteiger charge is -2.35. The van der Waals surface area contributed by atoms with Crippen LogP contribution in [-0.2, 0) is 9.53 Å². The molecule has 1 aromatic rings. The number of carbonyl (C=O) groups excluding carboxylic acids is 1. The molecule has 7 nitrogen and oxygen atoms in total.